The lowest BCUT2D eigenvalue weighted by Gasteiger charge is -2.48. The molecule has 0 atom stereocenters. The lowest BCUT2D eigenvalue weighted by atomic mass is 10.0. The molecule has 4 heterocycles. The first-order chi connectivity index (χ1) is 20.4. The first kappa shape index (κ1) is 30.4. The Morgan fingerprint density at radius 1 is 1.10 bits per heavy atom. The van der Waals surface area contributed by atoms with Crippen LogP contribution in [0.3, 0.4) is 0 Å². The van der Waals surface area contributed by atoms with Crippen molar-refractivity contribution in [3.05, 3.63) is 76.6 Å². The third-order valence-electron chi connectivity index (χ3n) is 7.62. The van der Waals surface area contributed by atoms with Crippen LogP contribution in [0.15, 0.2) is 59.7 Å². The summed E-state index contributed by atoms with van der Waals surface area (Å²) in [6.45, 7) is 8.12. The van der Waals surface area contributed by atoms with Crippen molar-refractivity contribution in [2.24, 2.45) is 7.05 Å². The lowest BCUT2D eigenvalue weighted by molar-refractivity contribution is -0.126. The van der Waals surface area contributed by atoms with Crippen molar-refractivity contribution >= 4 is 53.4 Å². The highest BCUT2D eigenvalue weighted by Gasteiger charge is 2.34. The summed E-state index contributed by atoms with van der Waals surface area (Å²) in [7, 11) is 4.51. The number of fused-ring (bicyclic) bond motifs is 1. The maximum atomic E-state index is 15.8. The highest BCUT2D eigenvalue weighted by atomic mass is 127. The van der Waals surface area contributed by atoms with Crippen LogP contribution >= 0.6 is 30.3 Å². The Hall–Kier alpha value is -3.07. The van der Waals surface area contributed by atoms with E-state index in [4.69, 9.17) is 9.53 Å². The van der Waals surface area contributed by atoms with Crippen LogP contribution in [-0.2, 0) is 16.6 Å². The topological polar surface area (TPSA) is 81.0 Å². The fourth-order valence-electron chi connectivity index (χ4n) is 5.42. The molecule has 0 aliphatic carbocycles. The van der Waals surface area contributed by atoms with E-state index >= 15 is 4.39 Å². The molecular weight excluding hydrogens is 672 g/mol. The van der Waals surface area contributed by atoms with E-state index in [1.165, 1.54) is 16.2 Å². The Kier molecular flexibility index (Phi) is 9.76. The van der Waals surface area contributed by atoms with Crippen molar-refractivity contribution in [1.29, 1.82) is 0 Å². The van der Waals surface area contributed by atoms with Crippen LogP contribution in [0.2, 0.25) is 0 Å². The molecule has 12 heteroatoms. The van der Waals surface area contributed by atoms with Crippen molar-refractivity contribution < 1.29 is 18.7 Å². The van der Waals surface area contributed by atoms with E-state index in [-0.39, 0.29) is 17.1 Å². The van der Waals surface area contributed by atoms with Gasteiger partial charge in [0.15, 0.2) is 11.6 Å². The van der Waals surface area contributed by atoms with Crippen molar-refractivity contribution in [2.75, 3.05) is 51.3 Å². The fourth-order valence-corrected chi connectivity index (χ4v) is 6.75. The van der Waals surface area contributed by atoms with Crippen molar-refractivity contribution in [3.63, 3.8) is 0 Å². The molecule has 2 aromatic carbocycles. The zero-order valence-electron chi connectivity index (χ0n) is 23.7. The number of aromatic nitrogens is 2. The van der Waals surface area contributed by atoms with Gasteiger partial charge in [0.2, 0.25) is 0 Å². The van der Waals surface area contributed by atoms with Crippen LogP contribution in [-0.4, -0.2) is 72.3 Å². The number of rotatable bonds is 7. The normalized spacial score (nSPS) is 15.6. The smallest absolute Gasteiger partial charge is 0.292 e. The monoisotopic (exact) mass is 705 g/mol. The van der Waals surface area contributed by atoms with Gasteiger partial charge < -0.3 is 24.3 Å². The molecule has 9 nitrogen and oxygen atoms in total. The molecule has 0 saturated carbocycles. The number of benzene rings is 2. The average Bonchev–Trinajstić information content (AvgIpc) is 3.42. The van der Waals surface area contributed by atoms with Crippen LogP contribution in [0.4, 0.5) is 10.1 Å². The number of nitrogens with zero attached hydrogens (tertiary/aromatic N) is 4. The number of carbonyl (C=O) groups excluding carboxylic acids is 1. The second-order valence-electron chi connectivity index (χ2n) is 10.3. The number of hydrogen-bond donors (Lipinski definition) is 1. The average molecular weight is 706 g/mol. The molecule has 2 fully saturated rings. The molecule has 222 valence electrons. The Bertz CT molecular complexity index is 1630. The van der Waals surface area contributed by atoms with E-state index < -0.39 is 0 Å². The van der Waals surface area contributed by atoms with E-state index in [2.05, 4.69) is 41.1 Å². The molecule has 2 saturated heterocycles. The van der Waals surface area contributed by atoms with Gasteiger partial charge in [-0.1, -0.05) is 17.7 Å². The van der Waals surface area contributed by atoms with Crippen LogP contribution in [0, 0.1) is 12.7 Å². The summed E-state index contributed by atoms with van der Waals surface area (Å²) in [5, 5.41) is 4.22. The number of carbonyl (C=O) groups is 1. The summed E-state index contributed by atoms with van der Waals surface area (Å²) >= 11 is 2.17. The van der Waals surface area contributed by atoms with Crippen molar-refractivity contribution in [2.45, 2.75) is 13.0 Å². The van der Waals surface area contributed by atoms with Gasteiger partial charge in [0.25, 0.3) is 12.0 Å². The molecule has 42 heavy (non-hydrogen) atoms. The summed E-state index contributed by atoms with van der Waals surface area (Å²) in [4.78, 5) is 26.5. The number of methoxy groups -OCH3 is 1. The molecule has 6 rings (SSSR count). The van der Waals surface area contributed by atoms with E-state index in [0.717, 1.165) is 61.3 Å². The minimum absolute atomic E-state index is 0.0690. The van der Waals surface area contributed by atoms with Gasteiger partial charge in [0.05, 0.1) is 12.8 Å². The number of halogens is 2. The SMILES string of the molecule is COC=O.Cc1ccc(Oc2cccc(N3CC(N4CCNCC4)C3)c2F)c(-c2cn(C)c(=O)c3c2ccn3SI)c1. The van der Waals surface area contributed by atoms with Gasteiger partial charge in [0.1, 0.15) is 11.3 Å². The Morgan fingerprint density at radius 3 is 2.52 bits per heavy atom. The predicted octanol–water partition coefficient (Wildman–Crippen LogP) is 4.98. The maximum absolute atomic E-state index is 15.8. The third kappa shape index (κ3) is 6.17. The summed E-state index contributed by atoms with van der Waals surface area (Å²) < 4.78 is 29.4. The first-order valence-corrected chi connectivity index (χ1v) is 16.9. The molecule has 4 aromatic rings. The highest BCUT2D eigenvalue weighted by molar-refractivity contribution is 14.2. The number of nitrogens with one attached hydrogen (secondary N) is 1. The zero-order valence-corrected chi connectivity index (χ0v) is 26.7. The largest absolute Gasteiger partial charge is 0.471 e. The highest BCUT2D eigenvalue weighted by Crippen LogP contribution is 2.40. The summed E-state index contributed by atoms with van der Waals surface area (Å²) in [6, 6.07) is 13.6. The van der Waals surface area contributed by atoms with Gasteiger partial charge in [-0.15, -0.1) is 0 Å². The van der Waals surface area contributed by atoms with E-state index in [9.17, 15) is 4.79 Å². The quantitative estimate of drug-likeness (QED) is 0.213. The van der Waals surface area contributed by atoms with E-state index in [1.54, 1.807) is 17.7 Å². The number of ether oxygens (including phenoxy) is 2. The van der Waals surface area contributed by atoms with Gasteiger partial charge in [-0.2, -0.15) is 0 Å². The number of anilines is 1. The minimum atomic E-state index is -0.351. The molecule has 0 spiro atoms. The summed E-state index contributed by atoms with van der Waals surface area (Å²) in [5.41, 5.74) is 3.84. The molecule has 1 N–H and O–H groups in total. The Balaban J connectivity index is 0.000000830. The number of pyridine rings is 1. The van der Waals surface area contributed by atoms with Crippen molar-refractivity contribution in [3.8, 4) is 22.6 Å². The molecule has 2 aromatic heterocycles. The number of hydrogen-bond acceptors (Lipinski definition) is 8. The fraction of sp³-hybridized carbons (Fsp3) is 0.333. The Labute approximate surface area is 260 Å². The van der Waals surface area contributed by atoms with Crippen LogP contribution in [0.25, 0.3) is 22.0 Å². The van der Waals surface area contributed by atoms with Crippen LogP contribution < -0.4 is 20.5 Å². The molecule has 0 bridgehead atoms. The number of piperazine rings is 1. The van der Waals surface area contributed by atoms with Gasteiger partial charge in [-0.3, -0.25) is 18.5 Å². The standard InChI is InChI=1S/C28H29FIN5O2S.C2H4O2/c1-18-6-7-24(21(14-18)22-17-32(2)28(36)27-20(22)8-11-35(27)38-30)37-25-5-3-4-23(26(25)29)34-15-19(16-34)33-12-9-31-10-13-33;1-4-2-3/h3-8,11,14,17,19,31H,9-10,12-13,15-16H2,1-2H3;2H,1H3. The van der Waals surface area contributed by atoms with Crippen LogP contribution in [0.5, 0.6) is 11.5 Å². The predicted molar refractivity (Wildman–Crippen MR) is 174 cm³/mol. The van der Waals surface area contributed by atoms with E-state index in [0.29, 0.717) is 29.5 Å². The molecule has 0 unspecified atom stereocenters. The first-order valence-electron chi connectivity index (χ1n) is 13.6. The van der Waals surface area contributed by atoms with Gasteiger partial charge in [-0.05, 0) is 37.3 Å². The molecule has 0 amide bonds. The number of aryl methyl sites for hydroxylation is 2. The van der Waals surface area contributed by atoms with Crippen LogP contribution in [0.1, 0.15) is 5.56 Å². The van der Waals surface area contributed by atoms with Gasteiger partial charge in [0, 0.05) is 112 Å². The molecular formula is C30H33FIN5O4S. The van der Waals surface area contributed by atoms with Gasteiger partial charge >= 0.3 is 0 Å². The van der Waals surface area contributed by atoms with Gasteiger partial charge in [-0.25, -0.2) is 4.39 Å². The summed E-state index contributed by atoms with van der Waals surface area (Å²) in [6.07, 6.45) is 3.73. The molecule has 2 aliphatic heterocycles. The second-order valence-corrected chi connectivity index (χ2v) is 12.0. The maximum Gasteiger partial charge on any atom is 0.292 e. The molecule has 0 radical (unpaired) electrons. The second kappa shape index (κ2) is 13.5. The lowest BCUT2D eigenvalue weighted by Crippen LogP contribution is -2.63. The molecule has 2 aliphatic rings. The zero-order chi connectivity index (χ0) is 29.8. The third-order valence-corrected chi connectivity index (χ3v) is 9.34. The van der Waals surface area contributed by atoms with E-state index in [1.807, 2.05) is 59.7 Å². The minimum Gasteiger partial charge on any atom is -0.471 e. The summed E-state index contributed by atoms with van der Waals surface area (Å²) in [5.74, 6) is 0.388. The van der Waals surface area contributed by atoms with Crippen molar-refractivity contribution in [1.82, 2.24) is 18.8 Å². The Morgan fingerprint density at radius 2 is 1.83 bits per heavy atom.